The molecular weight excluding hydrogens is 354 g/mol. The number of aromatic nitrogens is 1. The van der Waals surface area contributed by atoms with Crippen molar-refractivity contribution in [2.24, 2.45) is 4.40 Å². The number of benzene rings is 2. The molecule has 0 atom stereocenters. The second kappa shape index (κ2) is 6.19. The highest BCUT2D eigenvalue weighted by atomic mass is 32.2. The molecule has 1 aromatic heterocycles. The number of hydrogen-bond acceptors (Lipinski definition) is 3. The van der Waals surface area contributed by atoms with E-state index in [-0.39, 0.29) is 26.5 Å². The number of sulfonamides is 1. The van der Waals surface area contributed by atoms with Crippen LogP contribution in [0.1, 0.15) is 0 Å². The van der Waals surface area contributed by atoms with Crippen LogP contribution >= 0.6 is 11.3 Å². The van der Waals surface area contributed by atoms with Crippen LogP contribution in [-0.4, -0.2) is 13.0 Å². The summed E-state index contributed by atoms with van der Waals surface area (Å²) in [5, 5.41) is 0. The third-order valence-electron chi connectivity index (χ3n) is 3.18. The normalized spacial score (nSPS) is 12.5. The fourth-order valence-corrected chi connectivity index (χ4v) is 4.48. The van der Waals surface area contributed by atoms with Crippen LogP contribution in [-0.2, 0) is 16.6 Å². The van der Waals surface area contributed by atoms with E-state index in [0.717, 1.165) is 23.5 Å². The minimum Gasteiger partial charge on any atom is -0.302 e. The zero-order chi connectivity index (χ0) is 17.3. The Morgan fingerprint density at radius 1 is 1.21 bits per heavy atom. The second-order valence-corrected chi connectivity index (χ2v) is 7.40. The molecule has 3 rings (SSSR count). The molecular formula is C16H10F2N2O2S2. The molecule has 0 aliphatic heterocycles. The molecule has 0 bridgehead atoms. The number of thiazole rings is 1. The zero-order valence-corrected chi connectivity index (χ0v) is 13.7. The van der Waals surface area contributed by atoms with Crippen LogP contribution < -0.4 is 4.80 Å². The first-order chi connectivity index (χ1) is 11.4. The Bertz CT molecular complexity index is 1120. The van der Waals surface area contributed by atoms with Crippen LogP contribution in [0.3, 0.4) is 0 Å². The summed E-state index contributed by atoms with van der Waals surface area (Å²) in [4.78, 5) is -0.0160. The van der Waals surface area contributed by atoms with E-state index in [2.05, 4.69) is 10.3 Å². The van der Waals surface area contributed by atoms with Crippen molar-refractivity contribution in [3.8, 4) is 12.3 Å². The van der Waals surface area contributed by atoms with Gasteiger partial charge in [-0.25, -0.2) is 8.78 Å². The SMILES string of the molecule is C#CCn1c(=NS(=O)(=O)c2ccccc2)sc2cc(F)cc(F)c21. The van der Waals surface area contributed by atoms with Crippen molar-refractivity contribution in [2.75, 3.05) is 0 Å². The number of halogens is 2. The molecule has 0 unspecified atom stereocenters. The third kappa shape index (κ3) is 2.96. The summed E-state index contributed by atoms with van der Waals surface area (Å²) in [6, 6.07) is 9.45. The average molecular weight is 364 g/mol. The monoisotopic (exact) mass is 364 g/mol. The third-order valence-corrected chi connectivity index (χ3v) is 5.61. The molecule has 0 fully saturated rings. The van der Waals surface area contributed by atoms with Crippen LogP contribution in [0.2, 0.25) is 0 Å². The molecule has 0 saturated carbocycles. The summed E-state index contributed by atoms with van der Waals surface area (Å²) in [6.07, 6.45) is 5.28. The minimum atomic E-state index is -3.99. The van der Waals surface area contributed by atoms with E-state index in [1.807, 2.05) is 0 Å². The standard InChI is InChI=1S/C16H10F2N2O2S2/c1-2-8-20-15-13(18)9-11(17)10-14(15)23-16(20)19-24(21,22)12-6-4-3-5-7-12/h1,3-7,9-10H,8H2. The van der Waals surface area contributed by atoms with Crippen molar-refractivity contribution < 1.29 is 17.2 Å². The van der Waals surface area contributed by atoms with Crippen molar-refractivity contribution in [1.82, 2.24) is 4.57 Å². The van der Waals surface area contributed by atoms with Crippen LogP contribution in [0.25, 0.3) is 10.2 Å². The van der Waals surface area contributed by atoms with Crippen LogP contribution in [0.15, 0.2) is 51.8 Å². The van der Waals surface area contributed by atoms with Crippen molar-refractivity contribution >= 4 is 31.6 Å². The van der Waals surface area contributed by atoms with Gasteiger partial charge in [-0.2, -0.15) is 8.42 Å². The molecule has 2 aromatic carbocycles. The highest BCUT2D eigenvalue weighted by Gasteiger charge is 2.16. The fraction of sp³-hybridized carbons (Fsp3) is 0.0625. The van der Waals surface area contributed by atoms with Gasteiger partial charge in [0.05, 0.1) is 21.7 Å². The highest BCUT2D eigenvalue weighted by Crippen LogP contribution is 2.22. The number of nitrogens with zero attached hydrogens (tertiary/aromatic N) is 2. The molecule has 4 nitrogen and oxygen atoms in total. The van der Waals surface area contributed by atoms with Gasteiger partial charge < -0.3 is 4.57 Å². The summed E-state index contributed by atoms with van der Waals surface area (Å²) in [6.45, 7) is -0.0916. The van der Waals surface area contributed by atoms with Crippen molar-refractivity contribution in [1.29, 1.82) is 0 Å². The van der Waals surface area contributed by atoms with Gasteiger partial charge in [0.15, 0.2) is 5.82 Å². The number of fused-ring (bicyclic) bond motifs is 1. The van der Waals surface area contributed by atoms with Crippen molar-refractivity contribution in [3.63, 3.8) is 0 Å². The largest absolute Gasteiger partial charge is 0.302 e. The summed E-state index contributed by atoms with van der Waals surface area (Å²) >= 11 is 0.855. The Hall–Kier alpha value is -2.50. The van der Waals surface area contributed by atoms with Gasteiger partial charge in [-0.3, -0.25) is 0 Å². The Balaban J connectivity index is 2.32. The predicted octanol–water partition coefficient (Wildman–Crippen LogP) is 2.90. The van der Waals surface area contributed by atoms with Gasteiger partial charge in [-0.05, 0) is 18.2 Å². The molecule has 24 heavy (non-hydrogen) atoms. The van der Waals surface area contributed by atoms with Gasteiger partial charge in [0.25, 0.3) is 10.0 Å². The first-order valence-corrected chi connectivity index (χ1v) is 8.96. The number of rotatable bonds is 3. The van der Waals surface area contributed by atoms with E-state index in [9.17, 15) is 17.2 Å². The predicted molar refractivity (Wildman–Crippen MR) is 87.8 cm³/mol. The molecule has 0 saturated heterocycles. The molecule has 8 heteroatoms. The van der Waals surface area contributed by atoms with Crippen molar-refractivity contribution in [3.05, 3.63) is 58.9 Å². The van der Waals surface area contributed by atoms with Gasteiger partial charge in [0, 0.05) is 6.07 Å². The van der Waals surface area contributed by atoms with E-state index in [1.54, 1.807) is 18.2 Å². The summed E-state index contributed by atoms with van der Waals surface area (Å²) < 4.78 is 57.5. The van der Waals surface area contributed by atoms with Gasteiger partial charge in [-0.15, -0.1) is 10.8 Å². The lowest BCUT2D eigenvalue weighted by molar-refractivity contribution is 0.585. The zero-order valence-electron chi connectivity index (χ0n) is 12.1. The Labute approximate surface area is 140 Å². The second-order valence-electron chi connectivity index (χ2n) is 4.79. The maximum absolute atomic E-state index is 14.1. The van der Waals surface area contributed by atoms with Gasteiger partial charge in [0.1, 0.15) is 5.82 Å². The van der Waals surface area contributed by atoms with E-state index in [4.69, 9.17) is 6.42 Å². The quantitative estimate of drug-likeness (QED) is 0.671. The molecule has 0 aliphatic carbocycles. The smallest absolute Gasteiger partial charge is 0.285 e. The first kappa shape index (κ1) is 16.4. The van der Waals surface area contributed by atoms with Crippen molar-refractivity contribution in [2.45, 2.75) is 11.4 Å². The van der Waals surface area contributed by atoms with E-state index in [1.165, 1.54) is 16.7 Å². The van der Waals surface area contributed by atoms with Gasteiger partial charge in [-0.1, -0.05) is 35.5 Å². The lowest BCUT2D eigenvalue weighted by atomic mass is 10.3. The minimum absolute atomic E-state index is 0.00127. The van der Waals surface area contributed by atoms with E-state index < -0.39 is 21.7 Å². The topological polar surface area (TPSA) is 51.4 Å². The van der Waals surface area contributed by atoms with Gasteiger partial charge in [0.2, 0.25) is 4.80 Å². The number of hydrogen-bond donors (Lipinski definition) is 0. The molecule has 1 heterocycles. The number of terminal acetylenes is 1. The molecule has 122 valence electrons. The summed E-state index contributed by atoms with van der Waals surface area (Å²) in [5.74, 6) is 0.743. The fourth-order valence-electron chi connectivity index (χ4n) is 2.19. The molecule has 0 aliphatic rings. The van der Waals surface area contributed by atoms with Crippen LogP contribution in [0.4, 0.5) is 8.78 Å². The Morgan fingerprint density at radius 3 is 2.58 bits per heavy atom. The summed E-state index contributed by atoms with van der Waals surface area (Å²) in [5.41, 5.74) is 0.0290. The first-order valence-electron chi connectivity index (χ1n) is 6.70. The Morgan fingerprint density at radius 2 is 1.92 bits per heavy atom. The maximum Gasteiger partial charge on any atom is 0.285 e. The lowest BCUT2D eigenvalue weighted by Gasteiger charge is -2.02. The molecule has 0 N–H and O–H groups in total. The van der Waals surface area contributed by atoms with E-state index >= 15 is 0 Å². The lowest BCUT2D eigenvalue weighted by Crippen LogP contribution is -2.17. The Kier molecular flexibility index (Phi) is 4.22. The molecule has 3 aromatic rings. The molecule has 0 spiro atoms. The molecule has 0 radical (unpaired) electrons. The van der Waals surface area contributed by atoms with Crippen LogP contribution in [0, 0.1) is 24.0 Å². The van der Waals surface area contributed by atoms with E-state index in [0.29, 0.717) is 0 Å². The maximum atomic E-state index is 14.1. The van der Waals surface area contributed by atoms with Crippen LogP contribution in [0.5, 0.6) is 0 Å². The summed E-state index contributed by atoms with van der Waals surface area (Å²) in [7, 11) is -3.99. The average Bonchev–Trinajstić information content (AvgIpc) is 2.85. The highest BCUT2D eigenvalue weighted by molar-refractivity contribution is 7.90. The molecule has 0 amide bonds. The van der Waals surface area contributed by atoms with Gasteiger partial charge >= 0.3 is 0 Å².